The zero-order chi connectivity index (χ0) is 9.52. The number of pyridine rings is 1. The van der Waals surface area contributed by atoms with Crippen molar-refractivity contribution in [2.45, 2.75) is 19.3 Å². The van der Waals surface area contributed by atoms with E-state index >= 15 is 0 Å². The molecule has 0 fully saturated rings. The molecule has 1 heterocycles. The Morgan fingerprint density at radius 1 is 1.46 bits per heavy atom. The van der Waals surface area contributed by atoms with Crippen LogP contribution in [0.3, 0.4) is 0 Å². The van der Waals surface area contributed by atoms with Crippen LogP contribution in [-0.2, 0) is 11.0 Å². The highest BCUT2D eigenvalue weighted by atomic mass is 31.1. The van der Waals surface area contributed by atoms with Crippen molar-refractivity contribution in [3.8, 4) is 0 Å². The number of hydrogen-bond acceptors (Lipinski definition) is 2. The Balaban J connectivity index is 2.17. The maximum Gasteiger partial charge on any atom is 0.505 e. The second kappa shape index (κ2) is 5.79. The normalized spacial score (nSPS) is 11.3. The average Bonchev–Trinajstić information content (AvgIpc) is 2.14. The predicted octanol–water partition coefficient (Wildman–Crippen LogP) is 2.14. The van der Waals surface area contributed by atoms with Gasteiger partial charge in [0.05, 0.1) is 0 Å². The first-order valence-electron chi connectivity index (χ1n) is 4.31. The van der Waals surface area contributed by atoms with Gasteiger partial charge in [0.15, 0.2) is 6.16 Å². The molecule has 4 heteroatoms. The van der Waals surface area contributed by atoms with Gasteiger partial charge in [-0.15, -0.1) is 0 Å². The van der Waals surface area contributed by atoms with Gasteiger partial charge in [-0.25, -0.2) is 0 Å². The van der Waals surface area contributed by atoms with E-state index < -0.39 is 8.03 Å². The summed E-state index contributed by atoms with van der Waals surface area (Å²) >= 11 is 0. The molecule has 1 atom stereocenters. The smallest absolute Gasteiger partial charge is 0.264 e. The van der Waals surface area contributed by atoms with Crippen molar-refractivity contribution in [3.05, 3.63) is 30.1 Å². The standard InChI is InChI=1S/C9H12NO2P/c11-13(12)7-2-1-4-9-5-3-6-10-8-9/h3,5-6,8H,1-2,4,7H2/p+1. The van der Waals surface area contributed by atoms with E-state index in [1.54, 1.807) is 6.20 Å². The third kappa shape index (κ3) is 4.71. The third-order valence-electron chi connectivity index (χ3n) is 1.79. The Hall–Kier alpha value is -0.790. The topological polar surface area (TPSA) is 50.2 Å². The lowest BCUT2D eigenvalue weighted by Gasteiger charge is -1.96. The van der Waals surface area contributed by atoms with Crippen LogP contribution in [0.4, 0.5) is 0 Å². The molecule has 0 bridgehead atoms. The first-order valence-corrected chi connectivity index (χ1v) is 5.71. The molecule has 1 N–H and O–H groups in total. The van der Waals surface area contributed by atoms with E-state index in [0.29, 0.717) is 6.16 Å². The van der Waals surface area contributed by atoms with Gasteiger partial charge in [-0.1, -0.05) is 6.07 Å². The fourth-order valence-corrected chi connectivity index (χ4v) is 1.62. The molecule has 0 aliphatic heterocycles. The van der Waals surface area contributed by atoms with Crippen LogP contribution in [0.5, 0.6) is 0 Å². The minimum Gasteiger partial charge on any atom is -0.264 e. The van der Waals surface area contributed by atoms with Gasteiger partial charge < -0.3 is 0 Å². The Labute approximate surface area is 78.7 Å². The number of unbranched alkanes of at least 4 members (excludes halogenated alkanes) is 1. The average molecular weight is 198 g/mol. The van der Waals surface area contributed by atoms with Gasteiger partial charge in [0, 0.05) is 12.4 Å². The molecule has 1 unspecified atom stereocenters. The number of rotatable bonds is 5. The molecule has 1 aromatic heterocycles. The summed E-state index contributed by atoms with van der Waals surface area (Å²) in [7, 11) is -1.95. The Morgan fingerprint density at radius 2 is 2.31 bits per heavy atom. The van der Waals surface area contributed by atoms with Crippen molar-refractivity contribution in [2.75, 3.05) is 6.16 Å². The van der Waals surface area contributed by atoms with Crippen LogP contribution >= 0.6 is 8.03 Å². The van der Waals surface area contributed by atoms with Gasteiger partial charge in [0.25, 0.3) is 0 Å². The van der Waals surface area contributed by atoms with Crippen molar-refractivity contribution in [3.63, 3.8) is 0 Å². The van der Waals surface area contributed by atoms with E-state index in [4.69, 9.17) is 4.89 Å². The highest BCUT2D eigenvalue weighted by Crippen LogP contribution is 2.15. The van der Waals surface area contributed by atoms with E-state index in [1.165, 1.54) is 5.56 Å². The van der Waals surface area contributed by atoms with E-state index in [1.807, 2.05) is 18.3 Å². The molecule has 1 rings (SSSR count). The summed E-state index contributed by atoms with van der Waals surface area (Å²) < 4.78 is 10.3. The SMILES string of the molecule is O=[P+](O)CCCCc1cccnc1. The van der Waals surface area contributed by atoms with Crippen LogP contribution in [-0.4, -0.2) is 16.0 Å². The van der Waals surface area contributed by atoms with Crippen LogP contribution < -0.4 is 0 Å². The summed E-state index contributed by atoms with van der Waals surface area (Å²) in [6, 6.07) is 3.92. The maximum atomic E-state index is 10.3. The molecule has 1 aromatic rings. The van der Waals surface area contributed by atoms with E-state index in [2.05, 4.69) is 4.98 Å². The second-order valence-corrected chi connectivity index (χ2v) is 4.05. The third-order valence-corrected chi connectivity index (χ3v) is 2.49. The molecular weight excluding hydrogens is 185 g/mol. The van der Waals surface area contributed by atoms with E-state index in [0.717, 1.165) is 19.3 Å². The molecule has 0 saturated heterocycles. The molecule has 0 saturated carbocycles. The summed E-state index contributed by atoms with van der Waals surface area (Å²) in [5, 5.41) is 0. The molecule has 0 aliphatic rings. The van der Waals surface area contributed by atoms with Crippen molar-refractivity contribution in [1.82, 2.24) is 4.98 Å². The minimum absolute atomic E-state index is 0.412. The summed E-state index contributed by atoms with van der Waals surface area (Å²) in [5.74, 6) is 0. The zero-order valence-corrected chi connectivity index (χ0v) is 8.28. The Kier molecular flexibility index (Phi) is 4.58. The zero-order valence-electron chi connectivity index (χ0n) is 7.39. The summed E-state index contributed by atoms with van der Waals surface area (Å²) in [5.41, 5.74) is 1.19. The molecule has 0 aromatic carbocycles. The van der Waals surface area contributed by atoms with Gasteiger partial charge in [0.1, 0.15) is 0 Å². The van der Waals surface area contributed by atoms with Gasteiger partial charge in [0.2, 0.25) is 0 Å². The highest BCUT2D eigenvalue weighted by Gasteiger charge is 2.07. The number of aryl methyl sites for hydroxylation is 1. The first-order chi connectivity index (χ1) is 6.29. The van der Waals surface area contributed by atoms with Gasteiger partial charge in [-0.05, 0) is 35.5 Å². The predicted molar refractivity (Wildman–Crippen MR) is 51.9 cm³/mol. The van der Waals surface area contributed by atoms with Gasteiger partial charge >= 0.3 is 8.03 Å². The summed E-state index contributed by atoms with van der Waals surface area (Å²) in [6.07, 6.45) is 6.69. The Bertz CT molecular complexity index is 264. The van der Waals surface area contributed by atoms with Crippen molar-refractivity contribution < 1.29 is 9.46 Å². The van der Waals surface area contributed by atoms with Gasteiger partial charge in [-0.3, -0.25) is 4.98 Å². The van der Waals surface area contributed by atoms with Crippen LogP contribution in [0, 0.1) is 0 Å². The lowest BCUT2D eigenvalue weighted by atomic mass is 10.1. The first kappa shape index (κ1) is 10.3. The molecule has 0 radical (unpaired) electrons. The number of aromatic nitrogens is 1. The lowest BCUT2D eigenvalue weighted by molar-refractivity contribution is 0.500. The van der Waals surface area contributed by atoms with Crippen molar-refractivity contribution in [1.29, 1.82) is 0 Å². The largest absolute Gasteiger partial charge is 0.505 e. The minimum atomic E-state index is -1.95. The lowest BCUT2D eigenvalue weighted by Crippen LogP contribution is -1.87. The maximum absolute atomic E-state index is 10.3. The van der Waals surface area contributed by atoms with Crippen LogP contribution in [0.25, 0.3) is 0 Å². The number of hydrogen-bond donors (Lipinski definition) is 1. The van der Waals surface area contributed by atoms with Crippen LogP contribution in [0.15, 0.2) is 24.5 Å². The fourth-order valence-electron chi connectivity index (χ4n) is 1.12. The van der Waals surface area contributed by atoms with Crippen molar-refractivity contribution >= 4 is 8.03 Å². The highest BCUT2D eigenvalue weighted by molar-refractivity contribution is 7.37. The molecule has 0 aliphatic carbocycles. The molecule has 3 nitrogen and oxygen atoms in total. The monoisotopic (exact) mass is 198 g/mol. The second-order valence-electron chi connectivity index (χ2n) is 2.89. The summed E-state index contributed by atoms with van der Waals surface area (Å²) in [4.78, 5) is 12.5. The molecule has 13 heavy (non-hydrogen) atoms. The van der Waals surface area contributed by atoms with E-state index in [9.17, 15) is 4.57 Å². The fraction of sp³-hybridized carbons (Fsp3) is 0.444. The quantitative estimate of drug-likeness (QED) is 0.582. The van der Waals surface area contributed by atoms with Crippen LogP contribution in [0.2, 0.25) is 0 Å². The molecule has 70 valence electrons. The van der Waals surface area contributed by atoms with E-state index in [-0.39, 0.29) is 0 Å². The molecular formula is C9H13NO2P+. The molecule has 0 amide bonds. The summed E-state index contributed by atoms with van der Waals surface area (Å²) in [6.45, 7) is 0. The van der Waals surface area contributed by atoms with Gasteiger partial charge in [-0.2, -0.15) is 4.89 Å². The number of nitrogens with zero attached hydrogens (tertiary/aromatic N) is 1. The Morgan fingerprint density at radius 3 is 2.92 bits per heavy atom. The van der Waals surface area contributed by atoms with Crippen molar-refractivity contribution in [2.24, 2.45) is 0 Å². The van der Waals surface area contributed by atoms with Crippen LogP contribution in [0.1, 0.15) is 18.4 Å². The molecule has 0 spiro atoms.